The Morgan fingerprint density at radius 2 is 1.77 bits per heavy atom. The molecule has 40 heavy (non-hydrogen) atoms. The number of alkyl halides is 3. The van der Waals surface area contributed by atoms with Crippen LogP contribution in [-0.2, 0) is 24.4 Å². The van der Waals surface area contributed by atoms with E-state index in [4.69, 9.17) is 0 Å². The van der Waals surface area contributed by atoms with Crippen LogP contribution < -0.4 is 10.5 Å². The molecule has 3 heterocycles. The molecular weight excluding hydrogens is 519 g/mol. The van der Waals surface area contributed by atoms with Gasteiger partial charge in [0, 0.05) is 60.5 Å². The first kappa shape index (κ1) is 27.3. The highest BCUT2D eigenvalue weighted by molar-refractivity contribution is 5.99. The zero-order valence-electron chi connectivity index (χ0n) is 22.4. The number of aryl methyl sites for hydroxylation is 3. The number of nitrogens with zero attached hydrogens (tertiary/aromatic N) is 3. The first-order valence-corrected chi connectivity index (χ1v) is 13.0. The fraction of sp³-hybridized carbons (Fsp3) is 0.290. The summed E-state index contributed by atoms with van der Waals surface area (Å²) in [5, 5.41) is 0.788. The van der Waals surface area contributed by atoms with E-state index in [1.807, 2.05) is 19.9 Å². The second kappa shape index (κ2) is 10.4. The van der Waals surface area contributed by atoms with Crippen molar-refractivity contribution in [1.82, 2.24) is 9.55 Å². The first-order chi connectivity index (χ1) is 18.9. The Morgan fingerprint density at radius 3 is 2.50 bits per heavy atom. The predicted octanol–water partition coefficient (Wildman–Crippen LogP) is 5.83. The van der Waals surface area contributed by atoms with E-state index in [0.717, 1.165) is 34.3 Å². The van der Waals surface area contributed by atoms with Crippen molar-refractivity contribution in [2.24, 2.45) is 7.05 Å². The maximum atomic E-state index is 13.7. The fourth-order valence-corrected chi connectivity index (χ4v) is 5.19. The van der Waals surface area contributed by atoms with E-state index >= 15 is 0 Å². The second-order valence-corrected chi connectivity index (χ2v) is 10.4. The quantitative estimate of drug-likeness (QED) is 0.294. The Hall–Kier alpha value is -4.27. The topological polar surface area (TPSA) is 72.3 Å². The lowest BCUT2D eigenvalue weighted by Crippen LogP contribution is -2.35. The summed E-state index contributed by atoms with van der Waals surface area (Å²) in [5.41, 5.74) is 3.02. The number of ketones is 2. The molecule has 1 fully saturated rings. The highest BCUT2D eigenvalue weighted by Gasteiger charge is 2.33. The number of Topliss-reactive ketones (excluding diaryl/α,β-unsaturated/α-hetero) is 2. The number of hydrogen-bond acceptors (Lipinski definition) is 5. The summed E-state index contributed by atoms with van der Waals surface area (Å²) >= 11 is 0. The number of aromatic nitrogens is 2. The van der Waals surface area contributed by atoms with Gasteiger partial charge in [-0.15, -0.1) is 0 Å². The van der Waals surface area contributed by atoms with Crippen LogP contribution in [0, 0.1) is 13.8 Å². The third-order valence-corrected chi connectivity index (χ3v) is 7.38. The molecule has 206 valence electrons. The number of carbonyl (C=O) groups excluding carboxylic acids is 2. The summed E-state index contributed by atoms with van der Waals surface area (Å²) < 4.78 is 42.8. The lowest BCUT2D eigenvalue weighted by Gasteiger charge is -2.29. The number of benzene rings is 2. The van der Waals surface area contributed by atoms with Crippen LogP contribution in [-0.4, -0.2) is 34.2 Å². The van der Waals surface area contributed by atoms with Gasteiger partial charge in [0.2, 0.25) is 0 Å². The summed E-state index contributed by atoms with van der Waals surface area (Å²) in [6.45, 7) is 4.17. The van der Waals surface area contributed by atoms with Crippen molar-refractivity contribution in [3.63, 3.8) is 0 Å². The Balaban J connectivity index is 1.51. The largest absolute Gasteiger partial charge is 0.416 e. The lowest BCUT2D eigenvalue weighted by molar-refractivity contribution is -0.137. The average molecular weight is 548 g/mol. The van der Waals surface area contributed by atoms with E-state index in [-0.39, 0.29) is 35.6 Å². The van der Waals surface area contributed by atoms with E-state index in [9.17, 15) is 27.6 Å². The normalized spacial score (nSPS) is 14.2. The van der Waals surface area contributed by atoms with Crippen molar-refractivity contribution in [1.29, 1.82) is 0 Å². The van der Waals surface area contributed by atoms with Gasteiger partial charge in [-0.2, -0.15) is 13.2 Å². The number of fused-ring (bicyclic) bond motifs is 1. The van der Waals surface area contributed by atoms with Crippen molar-refractivity contribution >= 4 is 28.2 Å². The lowest BCUT2D eigenvalue weighted by atomic mass is 9.94. The molecule has 6 nitrogen and oxygen atoms in total. The third kappa shape index (κ3) is 5.41. The van der Waals surface area contributed by atoms with E-state index in [1.165, 1.54) is 6.07 Å². The van der Waals surface area contributed by atoms with Gasteiger partial charge >= 0.3 is 6.18 Å². The zero-order valence-corrected chi connectivity index (χ0v) is 22.4. The van der Waals surface area contributed by atoms with Gasteiger partial charge < -0.3 is 9.47 Å². The molecule has 1 aliphatic rings. The zero-order chi connectivity index (χ0) is 28.8. The Kier molecular flexibility index (Phi) is 7.08. The number of anilines is 1. The molecule has 4 aromatic rings. The second-order valence-electron chi connectivity index (χ2n) is 10.4. The Morgan fingerprint density at radius 1 is 1.00 bits per heavy atom. The van der Waals surface area contributed by atoms with Crippen LogP contribution in [0.4, 0.5) is 18.9 Å². The highest BCUT2D eigenvalue weighted by atomic mass is 19.4. The summed E-state index contributed by atoms with van der Waals surface area (Å²) in [5.74, 6) is -0.536. The smallest absolute Gasteiger partial charge is 0.364 e. The fourth-order valence-electron chi connectivity index (χ4n) is 5.19. The van der Waals surface area contributed by atoms with Crippen molar-refractivity contribution in [3.8, 4) is 11.1 Å². The molecule has 0 saturated carbocycles. The minimum atomic E-state index is -4.65. The van der Waals surface area contributed by atoms with Crippen LogP contribution in [0.3, 0.4) is 0 Å². The van der Waals surface area contributed by atoms with Gasteiger partial charge in [-0.05, 0) is 67.3 Å². The van der Waals surface area contributed by atoms with Gasteiger partial charge in [0.1, 0.15) is 0 Å². The van der Waals surface area contributed by atoms with Gasteiger partial charge in [0.25, 0.3) is 5.56 Å². The van der Waals surface area contributed by atoms with Crippen LogP contribution in [0.5, 0.6) is 0 Å². The molecule has 9 heteroatoms. The number of carbonyl (C=O) groups is 2. The average Bonchev–Trinajstić information content (AvgIpc) is 2.91. The molecule has 0 spiro atoms. The van der Waals surface area contributed by atoms with Crippen LogP contribution in [0.15, 0.2) is 59.5 Å². The molecule has 0 bridgehead atoms. The summed E-state index contributed by atoms with van der Waals surface area (Å²) in [4.78, 5) is 44.5. The molecular formula is C31H28F3N3O3. The molecule has 0 N–H and O–H groups in total. The first-order valence-electron chi connectivity index (χ1n) is 13.0. The molecule has 0 amide bonds. The van der Waals surface area contributed by atoms with E-state index in [1.54, 1.807) is 47.0 Å². The molecule has 0 atom stereocenters. The molecule has 0 radical (unpaired) electrons. The van der Waals surface area contributed by atoms with Gasteiger partial charge in [-0.1, -0.05) is 18.2 Å². The van der Waals surface area contributed by atoms with E-state index in [2.05, 4.69) is 4.98 Å². The maximum Gasteiger partial charge on any atom is 0.416 e. The van der Waals surface area contributed by atoms with Crippen molar-refractivity contribution in [3.05, 3.63) is 93.0 Å². The molecule has 2 aromatic heterocycles. The standard InChI is InChI=1S/C31H28F3N3O3/c1-18-6-7-20(10-26(18)27-14-22-16-35-19(2)9-28(22)36(3)30(27)40)11-29(39)21-12-23(31(32,33)34)15-24(13-21)37-8-4-5-25(38)17-37/h6-7,9-10,12-16H,4-5,8,11,17H2,1-3H3. The number of rotatable bonds is 5. The van der Waals surface area contributed by atoms with E-state index in [0.29, 0.717) is 36.1 Å². The van der Waals surface area contributed by atoms with Gasteiger partial charge in [-0.25, -0.2) is 0 Å². The van der Waals surface area contributed by atoms with Crippen LogP contribution in [0.2, 0.25) is 0 Å². The summed E-state index contributed by atoms with van der Waals surface area (Å²) in [7, 11) is 1.69. The Bertz CT molecular complexity index is 1720. The van der Waals surface area contributed by atoms with Crippen LogP contribution in [0.1, 0.15) is 45.6 Å². The van der Waals surface area contributed by atoms with Gasteiger partial charge in [0.15, 0.2) is 11.6 Å². The number of halogens is 3. The number of piperidine rings is 1. The molecule has 0 unspecified atom stereocenters. The molecule has 1 aliphatic heterocycles. The minimum absolute atomic E-state index is 0.0199. The number of pyridine rings is 2. The molecule has 5 rings (SSSR count). The van der Waals surface area contributed by atoms with E-state index < -0.39 is 17.5 Å². The highest BCUT2D eigenvalue weighted by Crippen LogP contribution is 2.34. The van der Waals surface area contributed by atoms with Crippen LogP contribution >= 0.6 is 0 Å². The van der Waals surface area contributed by atoms with Crippen molar-refractivity contribution in [2.45, 2.75) is 39.3 Å². The van der Waals surface area contributed by atoms with Crippen LogP contribution in [0.25, 0.3) is 22.0 Å². The van der Waals surface area contributed by atoms with Crippen molar-refractivity contribution in [2.75, 3.05) is 18.0 Å². The van der Waals surface area contributed by atoms with Gasteiger partial charge in [-0.3, -0.25) is 19.4 Å². The number of hydrogen-bond donors (Lipinski definition) is 0. The molecule has 2 aromatic carbocycles. The Labute approximate surface area is 229 Å². The summed E-state index contributed by atoms with van der Waals surface area (Å²) in [6.07, 6.45) is -2.15. The summed E-state index contributed by atoms with van der Waals surface area (Å²) in [6, 6.07) is 12.2. The third-order valence-electron chi connectivity index (χ3n) is 7.38. The minimum Gasteiger partial charge on any atom is -0.364 e. The molecule has 1 saturated heterocycles. The van der Waals surface area contributed by atoms with Gasteiger partial charge in [0.05, 0.1) is 17.6 Å². The monoisotopic (exact) mass is 547 g/mol. The molecule has 0 aliphatic carbocycles. The SMILES string of the molecule is Cc1cc2c(cn1)cc(-c1cc(CC(=O)c3cc(N4CCCC(=O)C4)cc(C(F)(F)F)c3)ccc1C)c(=O)n2C. The van der Waals surface area contributed by atoms with Crippen molar-refractivity contribution < 1.29 is 22.8 Å². The maximum absolute atomic E-state index is 13.7. The predicted molar refractivity (Wildman–Crippen MR) is 148 cm³/mol.